The lowest BCUT2D eigenvalue weighted by Gasteiger charge is -2.21. The average Bonchev–Trinajstić information content (AvgIpc) is 2.45. The van der Waals surface area contributed by atoms with Gasteiger partial charge in [0.25, 0.3) is 5.91 Å². The summed E-state index contributed by atoms with van der Waals surface area (Å²) in [5.41, 5.74) is -0.204. The lowest BCUT2D eigenvalue weighted by molar-refractivity contribution is 0.0952. The molecule has 1 saturated heterocycles. The molecule has 0 bridgehead atoms. The van der Waals surface area contributed by atoms with Crippen molar-refractivity contribution in [3.8, 4) is 0 Å². The molecule has 1 unspecified atom stereocenters. The van der Waals surface area contributed by atoms with Crippen LogP contribution in [0.1, 0.15) is 29.6 Å². The van der Waals surface area contributed by atoms with Crippen LogP contribution < -0.4 is 10.6 Å². The Hall–Kier alpha value is -1.30. The van der Waals surface area contributed by atoms with E-state index in [0.29, 0.717) is 11.8 Å². The number of halogens is 2. The fourth-order valence-electron chi connectivity index (χ4n) is 2.22. The van der Waals surface area contributed by atoms with Crippen molar-refractivity contribution in [3.05, 3.63) is 29.3 Å². The van der Waals surface area contributed by atoms with E-state index in [1.54, 1.807) is 0 Å². The highest BCUT2D eigenvalue weighted by atomic mass is 32.2. The zero-order chi connectivity index (χ0) is 14.5. The molecule has 0 radical (unpaired) electrons. The normalized spacial score (nSPS) is 18.6. The predicted molar refractivity (Wildman–Crippen MR) is 78.3 cm³/mol. The smallest absolute Gasteiger partial charge is 0.251 e. The Labute approximate surface area is 121 Å². The molecule has 1 aromatic rings. The van der Waals surface area contributed by atoms with Crippen molar-refractivity contribution in [1.29, 1.82) is 0 Å². The fourth-order valence-corrected chi connectivity index (χ4v) is 3.46. The van der Waals surface area contributed by atoms with Gasteiger partial charge in [-0.15, -0.1) is 0 Å². The van der Waals surface area contributed by atoms with Crippen LogP contribution in [0, 0.1) is 11.6 Å². The Morgan fingerprint density at radius 3 is 2.60 bits per heavy atom. The summed E-state index contributed by atoms with van der Waals surface area (Å²) < 4.78 is 27.2. The number of rotatable bonds is 4. The first-order valence-electron chi connectivity index (χ1n) is 6.68. The van der Waals surface area contributed by atoms with Gasteiger partial charge in [-0.2, -0.15) is 11.8 Å². The molecule has 3 nitrogen and oxygen atoms in total. The van der Waals surface area contributed by atoms with E-state index in [0.717, 1.165) is 24.3 Å². The molecule has 1 aliphatic rings. The molecule has 1 fully saturated rings. The lowest BCUT2D eigenvalue weighted by Crippen LogP contribution is -2.32. The summed E-state index contributed by atoms with van der Waals surface area (Å²) in [6.45, 7) is 0.542. The summed E-state index contributed by atoms with van der Waals surface area (Å²) in [4.78, 5) is 11.9. The fraction of sp³-hybridized carbons (Fsp3) is 0.500. The molecule has 110 valence electrons. The maximum Gasteiger partial charge on any atom is 0.251 e. The van der Waals surface area contributed by atoms with Crippen molar-refractivity contribution >= 4 is 23.4 Å². The molecule has 0 saturated carbocycles. The summed E-state index contributed by atoms with van der Waals surface area (Å²) in [5, 5.41) is 5.58. The Morgan fingerprint density at radius 2 is 2.05 bits per heavy atom. The molecule has 2 N–H and O–H groups in total. The molecule has 0 spiro atoms. The van der Waals surface area contributed by atoms with E-state index < -0.39 is 17.5 Å². The largest absolute Gasteiger partial charge is 0.383 e. The second kappa shape index (κ2) is 6.92. The van der Waals surface area contributed by atoms with Crippen LogP contribution in [0.5, 0.6) is 0 Å². The molecule has 20 heavy (non-hydrogen) atoms. The number of anilines is 1. The number of carbonyl (C=O) groups is 1. The highest BCUT2D eigenvalue weighted by molar-refractivity contribution is 7.99. The summed E-state index contributed by atoms with van der Waals surface area (Å²) in [5.74, 6) is -0.841. The van der Waals surface area contributed by atoms with Crippen LogP contribution in [0.4, 0.5) is 14.5 Å². The molecule has 1 aromatic carbocycles. The van der Waals surface area contributed by atoms with Gasteiger partial charge in [0.1, 0.15) is 17.3 Å². The summed E-state index contributed by atoms with van der Waals surface area (Å²) in [6.07, 6.45) is 3.47. The number of hydrogen-bond donors (Lipinski definition) is 2. The molecule has 2 rings (SSSR count). The third-order valence-corrected chi connectivity index (χ3v) is 4.72. The van der Waals surface area contributed by atoms with Crippen molar-refractivity contribution in [2.45, 2.75) is 24.5 Å². The van der Waals surface area contributed by atoms with Gasteiger partial charge < -0.3 is 10.6 Å². The second-order valence-electron chi connectivity index (χ2n) is 4.76. The van der Waals surface area contributed by atoms with Gasteiger partial charge >= 0.3 is 0 Å². The van der Waals surface area contributed by atoms with E-state index in [9.17, 15) is 13.6 Å². The number of benzene rings is 1. The minimum atomic E-state index is -0.760. The van der Waals surface area contributed by atoms with E-state index in [1.807, 2.05) is 11.8 Å². The van der Waals surface area contributed by atoms with E-state index in [2.05, 4.69) is 10.6 Å². The van der Waals surface area contributed by atoms with E-state index in [4.69, 9.17) is 0 Å². The minimum absolute atomic E-state index is 0.0137. The molecule has 1 amide bonds. The molecule has 0 aliphatic carbocycles. The van der Waals surface area contributed by atoms with Crippen LogP contribution in [0.15, 0.2) is 12.1 Å². The van der Waals surface area contributed by atoms with Crippen molar-refractivity contribution in [2.75, 3.05) is 24.7 Å². The average molecular weight is 300 g/mol. The van der Waals surface area contributed by atoms with Crippen molar-refractivity contribution in [1.82, 2.24) is 5.32 Å². The van der Waals surface area contributed by atoms with Crippen molar-refractivity contribution in [3.63, 3.8) is 0 Å². The molecule has 1 atom stereocenters. The van der Waals surface area contributed by atoms with Crippen LogP contribution >= 0.6 is 11.8 Å². The van der Waals surface area contributed by atoms with Crippen LogP contribution in [0.2, 0.25) is 0 Å². The Balaban J connectivity index is 1.98. The standard InChI is InChI=1S/C14H18F2N2OS/c1-17-13-11(15)6-9(7-12(13)16)14(19)18-8-10-4-2-3-5-20-10/h6-7,10,17H,2-5,8H2,1H3,(H,18,19). The number of carbonyl (C=O) groups excluding carboxylic acids is 1. The Kier molecular flexibility index (Phi) is 5.23. The third kappa shape index (κ3) is 3.62. The first kappa shape index (κ1) is 15.1. The minimum Gasteiger partial charge on any atom is -0.383 e. The number of hydrogen-bond acceptors (Lipinski definition) is 3. The van der Waals surface area contributed by atoms with Crippen LogP contribution in [0.3, 0.4) is 0 Å². The van der Waals surface area contributed by atoms with E-state index >= 15 is 0 Å². The summed E-state index contributed by atoms with van der Waals surface area (Å²) in [6, 6.07) is 2.11. The van der Waals surface area contributed by atoms with Crippen LogP contribution in [-0.2, 0) is 0 Å². The molecule has 6 heteroatoms. The summed E-state index contributed by atoms with van der Waals surface area (Å²) in [7, 11) is 1.43. The number of nitrogens with one attached hydrogen (secondary N) is 2. The van der Waals surface area contributed by atoms with Gasteiger partial charge in [-0.3, -0.25) is 4.79 Å². The Morgan fingerprint density at radius 1 is 1.35 bits per heavy atom. The highest BCUT2D eigenvalue weighted by Gasteiger charge is 2.17. The van der Waals surface area contributed by atoms with Gasteiger partial charge in [-0.05, 0) is 30.7 Å². The third-order valence-electron chi connectivity index (χ3n) is 3.32. The monoisotopic (exact) mass is 300 g/mol. The maximum atomic E-state index is 13.6. The van der Waals surface area contributed by atoms with Crippen LogP contribution in [-0.4, -0.2) is 30.5 Å². The van der Waals surface area contributed by atoms with Gasteiger partial charge in [0.15, 0.2) is 0 Å². The molecule has 0 aromatic heterocycles. The Bertz CT molecular complexity index is 467. The highest BCUT2D eigenvalue weighted by Crippen LogP contribution is 2.24. The molecular weight excluding hydrogens is 282 g/mol. The molecule has 1 heterocycles. The first-order chi connectivity index (χ1) is 9.61. The second-order valence-corrected chi connectivity index (χ2v) is 6.17. The van der Waals surface area contributed by atoms with Crippen molar-refractivity contribution < 1.29 is 13.6 Å². The van der Waals surface area contributed by atoms with Gasteiger partial charge in [0.05, 0.1) is 0 Å². The van der Waals surface area contributed by atoms with E-state index in [1.165, 1.54) is 19.9 Å². The number of thioether (sulfide) groups is 1. The maximum absolute atomic E-state index is 13.6. The molecular formula is C14H18F2N2OS. The lowest BCUT2D eigenvalue weighted by atomic mass is 10.1. The van der Waals surface area contributed by atoms with Gasteiger partial charge in [0.2, 0.25) is 0 Å². The number of amides is 1. The quantitative estimate of drug-likeness (QED) is 0.898. The van der Waals surface area contributed by atoms with Crippen LogP contribution in [0.25, 0.3) is 0 Å². The zero-order valence-corrected chi connectivity index (χ0v) is 12.2. The SMILES string of the molecule is CNc1c(F)cc(C(=O)NCC2CCCCS2)cc1F. The first-order valence-corrected chi connectivity index (χ1v) is 7.73. The van der Waals surface area contributed by atoms with E-state index in [-0.39, 0.29) is 11.3 Å². The van der Waals surface area contributed by atoms with Gasteiger partial charge in [-0.25, -0.2) is 8.78 Å². The van der Waals surface area contributed by atoms with Gasteiger partial charge in [0, 0.05) is 24.4 Å². The van der Waals surface area contributed by atoms with Crippen molar-refractivity contribution in [2.24, 2.45) is 0 Å². The summed E-state index contributed by atoms with van der Waals surface area (Å²) >= 11 is 1.84. The van der Waals surface area contributed by atoms with Gasteiger partial charge in [-0.1, -0.05) is 6.42 Å². The topological polar surface area (TPSA) is 41.1 Å². The predicted octanol–water partition coefficient (Wildman–Crippen LogP) is 3.02. The molecule has 1 aliphatic heterocycles. The zero-order valence-electron chi connectivity index (χ0n) is 11.3.